The summed E-state index contributed by atoms with van der Waals surface area (Å²) in [6, 6.07) is 0.0486. The van der Waals surface area contributed by atoms with Gasteiger partial charge in [-0.1, -0.05) is 0 Å². The molecule has 1 heterocycles. The number of hydrogen-bond donors (Lipinski definition) is 1. The van der Waals surface area contributed by atoms with Gasteiger partial charge in [0.05, 0.1) is 11.6 Å². The summed E-state index contributed by atoms with van der Waals surface area (Å²) in [5.41, 5.74) is 0.396. The van der Waals surface area contributed by atoms with Crippen LogP contribution in [0.15, 0.2) is 12.5 Å². The summed E-state index contributed by atoms with van der Waals surface area (Å²) in [6.07, 6.45) is 7.17. The molecule has 0 aliphatic heterocycles. The molecule has 1 aliphatic rings. The smallest absolute Gasteiger partial charge is 0.271 e. The van der Waals surface area contributed by atoms with E-state index < -0.39 is 9.84 Å². The maximum absolute atomic E-state index is 11.9. The minimum absolute atomic E-state index is 0.0486. The molecule has 0 saturated heterocycles. The monoisotopic (exact) mass is 285 g/mol. The summed E-state index contributed by atoms with van der Waals surface area (Å²) in [6.45, 7) is 0. The molecular weight excluding hydrogens is 266 g/mol. The van der Waals surface area contributed by atoms with Crippen LogP contribution in [-0.4, -0.2) is 41.4 Å². The molecule has 0 aromatic carbocycles. The number of rotatable bonds is 3. The summed E-state index contributed by atoms with van der Waals surface area (Å²) in [5, 5.41) is 2.66. The van der Waals surface area contributed by atoms with E-state index in [-0.39, 0.29) is 17.2 Å². The topological polar surface area (TPSA) is 81.1 Å². The predicted octanol–water partition coefficient (Wildman–Crippen LogP) is 0.506. The lowest BCUT2D eigenvalue weighted by molar-refractivity contribution is 0.0923. The summed E-state index contributed by atoms with van der Waals surface area (Å²) in [4.78, 5) is 15.9. The van der Waals surface area contributed by atoms with Gasteiger partial charge in [0.15, 0.2) is 0 Å². The number of carbonyl (C=O) groups excluding carboxylic acids is 1. The third kappa shape index (κ3) is 3.56. The molecule has 0 unspecified atom stereocenters. The lowest BCUT2D eigenvalue weighted by Crippen LogP contribution is -2.40. The minimum Gasteiger partial charge on any atom is -0.348 e. The molecule has 0 spiro atoms. The highest BCUT2D eigenvalue weighted by Crippen LogP contribution is 2.23. The number of sulfone groups is 1. The van der Waals surface area contributed by atoms with Crippen molar-refractivity contribution in [1.29, 1.82) is 0 Å². The fourth-order valence-electron chi connectivity index (χ4n) is 2.42. The number of hydrogen-bond acceptors (Lipinski definition) is 4. The normalized spacial score (nSPS) is 24.1. The Kier molecular flexibility index (Phi) is 3.93. The summed E-state index contributed by atoms with van der Waals surface area (Å²) in [5.74, 6) is -0.191. The highest BCUT2D eigenvalue weighted by Gasteiger charge is 2.28. The molecular formula is C12H19N3O3S. The van der Waals surface area contributed by atoms with Crippen LogP contribution in [0.4, 0.5) is 0 Å². The van der Waals surface area contributed by atoms with E-state index in [9.17, 15) is 13.2 Å². The molecule has 1 fully saturated rings. The van der Waals surface area contributed by atoms with Gasteiger partial charge in [-0.3, -0.25) is 4.79 Å². The van der Waals surface area contributed by atoms with Crippen LogP contribution in [0.3, 0.4) is 0 Å². The van der Waals surface area contributed by atoms with Crippen LogP contribution in [0.2, 0.25) is 0 Å². The third-order valence-corrected chi connectivity index (χ3v) is 5.23. The average Bonchev–Trinajstić information content (AvgIpc) is 2.75. The standard InChI is InChI=1S/C12H19N3O3S/c1-15-7-11(13-8-15)12(16)14-9-3-5-10(6-4-9)19(2,17)18/h7-10H,3-6H2,1-2H3,(H,14,16). The van der Waals surface area contributed by atoms with Crippen molar-refractivity contribution < 1.29 is 13.2 Å². The van der Waals surface area contributed by atoms with Gasteiger partial charge in [-0.25, -0.2) is 13.4 Å². The van der Waals surface area contributed by atoms with Gasteiger partial charge in [0, 0.05) is 25.5 Å². The Bertz CT molecular complexity index is 557. The largest absolute Gasteiger partial charge is 0.348 e. The molecule has 1 N–H and O–H groups in total. The molecule has 106 valence electrons. The van der Waals surface area contributed by atoms with Crippen molar-refractivity contribution in [3.8, 4) is 0 Å². The molecule has 0 bridgehead atoms. The number of amides is 1. The molecule has 1 amide bonds. The number of aromatic nitrogens is 2. The van der Waals surface area contributed by atoms with E-state index in [0.717, 1.165) is 0 Å². The first kappa shape index (κ1) is 14.0. The first-order valence-corrected chi connectivity index (χ1v) is 8.29. The van der Waals surface area contributed by atoms with Crippen LogP contribution in [-0.2, 0) is 16.9 Å². The van der Waals surface area contributed by atoms with Crippen LogP contribution < -0.4 is 5.32 Å². The van der Waals surface area contributed by atoms with Crippen LogP contribution in [0.25, 0.3) is 0 Å². The van der Waals surface area contributed by atoms with Crippen molar-refractivity contribution in [2.24, 2.45) is 7.05 Å². The lowest BCUT2D eigenvalue weighted by atomic mass is 9.95. The zero-order chi connectivity index (χ0) is 14.0. The number of aryl methyl sites for hydroxylation is 1. The highest BCUT2D eigenvalue weighted by atomic mass is 32.2. The molecule has 1 aromatic rings. The summed E-state index contributed by atoms with van der Waals surface area (Å²) in [7, 11) is -1.15. The van der Waals surface area contributed by atoms with Crippen molar-refractivity contribution >= 4 is 15.7 Å². The van der Waals surface area contributed by atoms with E-state index in [1.54, 1.807) is 24.1 Å². The number of carbonyl (C=O) groups is 1. The molecule has 2 rings (SSSR count). The van der Waals surface area contributed by atoms with E-state index in [4.69, 9.17) is 0 Å². The van der Waals surface area contributed by atoms with Gasteiger partial charge in [-0.2, -0.15) is 0 Å². The van der Waals surface area contributed by atoms with Crippen molar-refractivity contribution in [2.75, 3.05) is 6.26 Å². The Balaban J connectivity index is 1.88. The fraction of sp³-hybridized carbons (Fsp3) is 0.667. The van der Waals surface area contributed by atoms with Gasteiger partial charge >= 0.3 is 0 Å². The van der Waals surface area contributed by atoms with E-state index in [1.165, 1.54) is 6.26 Å². The summed E-state index contributed by atoms with van der Waals surface area (Å²) < 4.78 is 24.6. The zero-order valence-electron chi connectivity index (χ0n) is 11.2. The van der Waals surface area contributed by atoms with E-state index in [2.05, 4.69) is 10.3 Å². The number of nitrogens with one attached hydrogen (secondary N) is 1. The lowest BCUT2D eigenvalue weighted by Gasteiger charge is -2.27. The van der Waals surface area contributed by atoms with Crippen LogP contribution >= 0.6 is 0 Å². The maximum atomic E-state index is 11.9. The molecule has 1 aromatic heterocycles. The SMILES string of the molecule is Cn1cnc(C(=O)NC2CCC(S(C)(=O)=O)CC2)c1. The van der Waals surface area contributed by atoms with Crippen molar-refractivity contribution in [3.05, 3.63) is 18.2 Å². The number of nitrogens with zero attached hydrogens (tertiary/aromatic N) is 2. The first-order valence-electron chi connectivity index (χ1n) is 6.34. The first-order chi connectivity index (χ1) is 8.86. The van der Waals surface area contributed by atoms with Crippen LogP contribution in [0, 0.1) is 0 Å². The minimum atomic E-state index is -2.95. The van der Waals surface area contributed by atoms with Gasteiger partial charge in [-0.15, -0.1) is 0 Å². The predicted molar refractivity (Wildman–Crippen MR) is 71.6 cm³/mol. The molecule has 6 nitrogen and oxygen atoms in total. The second kappa shape index (κ2) is 5.32. The quantitative estimate of drug-likeness (QED) is 0.877. The van der Waals surface area contributed by atoms with Gasteiger partial charge in [0.2, 0.25) is 0 Å². The molecule has 1 saturated carbocycles. The molecule has 0 radical (unpaired) electrons. The third-order valence-electron chi connectivity index (χ3n) is 3.55. The Hall–Kier alpha value is -1.37. The Morgan fingerprint density at radius 1 is 1.37 bits per heavy atom. The second-order valence-electron chi connectivity index (χ2n) is 5.20. The van der Waals surface area contributed by atoms with Gasteiger partial charge in [-0.05, 0) is 25.7 Å². The van der Waals surface area contributed by atoms with Crippen molar-refractivity contribution in [3.63, 3.8) is 0 Å². The zero-order valence-corrected chi connectivity index (χ0v) is 12.0. The molecule has 19 heavy (non-hydrogen) atoms. The molecule has 1 aliphatic carbocycles. The molecule has 0 atom stereocenters. The van der Waals surface area contributed by atoms with Crippen LogP contribution in [0.5, 0.6) is 0 Å². The Labute approximate surface area is 113 Å². The van der Waals surface area contributed by atoms with E-state index in [0.29, 0.717) is 31.4 Å². The van der Waals surface area contributed by atoms with Crippen molar-refractivity contribution in [1.82, 2.24) is 14.9 Å². The van der Waals surface area contributed by atoms with Crippen LogP contribution in [0.1, 0.15) is 36.2 Å². The van der Waals surface area contributed by atoms with Crippen molar-refractivity contribution in [2.45, 2.75) is 37.0 Å². The molecule has 7 heteroatoms. The Morgan fingerprint density at radius 3 is 2.47 bits per heavy atom. The summed E-state index contributed by atoms with van der Waals surface area (Å²) >= 11 is 0. The number of imidazole rings is 1. The van der Waals surface area contributed by atoms with Gasteiger partial charge in [0.25, 0.3) is 5.91 Å². The van der Waals surface area contributed by atoms with Gasteiger partial charge in [0.1, 0.15) is 15.5 Å². The highest BCUT2D eigenvalue weighted by molar-refractivity contribution is 7.91. The van der Waals surface area contributed by atoms with Gasteiger partial charge < -0.3 is 9.88 Å². The maximum Gasteiger partial charge on any atom is 0.271 e. The average molecular weight is 285 g/mol. The van der Waals surface area contributed by atoms with E-state index >= 15 is 0 Å². The Morgan fingerprint density at radius 2 is 2.00 bits per heavy atom. The second-order valence-corrected chi connectivity index (χ2v) is 7.53. The van der Waals surface area contributed by atoms with E-state index in [1.807, 2.05) is 0 Å². The fourth-order valence-corrected chi connectivity index (χ4v) is 3.55.